The van der Waals surface area contributed by atoms with Crippen molar-refractivity contribution in [1.82, 2.24) is 24.1 Å². The van der Waals surface area contributed by atoms with Crippen molar-refractivity contribution in [2.75, 3.05) is 26.2 Å². The Morgan fingerprint density at radius 3 is 2.48 bits per heavy atom. The first kappa shape index (κ1) is 23.0. The van der Waals surface area contributed by atoms with Crippen LogP contribution < -0.4 is 5.32 Å². The molecule has 4 rings (SSSR count). The lowest BCUT2D eigenvalue weighted by Crippen LogP contribution is -2.53. The normalized spacial score (nSPS) is 14.9. The molecule has 0 spiro atoms. The molecule has 1 saturated heterocycles. The molecule has 1 N–H and O–H groups in total. The van der Waals surface area contributed by atoms with Gasteiger partial charge in [0.05, 0.1) is 11.2 Å². The molecule has 0 bridgehead atoms. The van der Waals surface area contributed by atoms with Crippen LogP contribution in [0, 0.1) is 13.8 Å². The van der Waals surface area contributed by atoms with Crippen molar-refractivity contribution in [2.24, 2.45) is 0 Å². The van der Waals surface area contributed by atoms with E-state index in [1.165, 1.54) is 4.31 Å². The number of hydrogen-bond acceptors (Lipinski definition) is 4. The summed E-state index contributed by atoms with van der Waals surface area (Å²) in [6, 6.07) is 13.2. The van der Waals surface area contributed by atoms with Crippen molar-refractivity contribution in [3.8, 4) is 0 Å². The lowest BCUT2D eigenvalue weighted by Gasteiger charge is -2.34. The predicted octanol–water partition coefficient (Wildman–Crippen LogP) is 2.76. The number of nitrogens with one attached hydrogen (secondary N) is 1. The number of nitrogens with zero attached hydrogens (tertiary/aromatic N) is 4. The molecule has 1 aliphatic rings. The van der Waals surface area contributed by atoms with Crippen LogP contribution in [-0.2, 0) is 23.1 Å². The summed E-state index contributed by atoms with van der Waals surface area (Å²) in [7, 11) is -3.57. The van der Waals surface area contributed by atoms with E-state index in [0.717, 1.165) is 28.8 Å². The predicted molar refractivity (Wildman–Crippen MR) is 126 cm³/mol. The molecule has 1 aromatic heterocycles. The molecule has 9 heteroatoms. The minimum absolute atomic E-state index is 0.182. The third-order valence-electron chi connectivity index (χ3n) is 5.83. The highest BCUT2D eigenvalue weighted by Crippen LogP contribution is 2.22. The number of sulfonamides is 1. The van der Waals surface area contributed by atoms with E-state index < -0.39 is 10.0 Å². The Balaban J connectivity index is 1.31. The zero-order valence-electron chi connectivity index (χ0n) is 18.9. The standard InChI is InChI=1S/C24H29N5O3S/c1-19-6-7-23(20(2)14-19)33(31,32)29-12-10-28(11-13-29)24(30)26-16-21-4-3-5-22(15-21)17-27-9-8-25-18-27/h3-9,14-15,18H,10-13,16-17H2,1-2H3,(H,26,30). The van der Waals surface area contributed by atoms with Gasteiger partial charge in [-0.05, 0) is 36.6 Å². The Bertz CT molecular complexity index is 1220. The number of imidazole rings is 1. The average Bonchev–Trinajstić information content (AvgIpc) is 3.30. The van der Waals surface area contributed by atoms with Gasteiger partial charge in [-0.15, -0.1) is 0 Å². The van der Waals surface area contributed by atoms with Crippen LogP contribution in [0.25, 0.3) is 0 Å². The Morgan fingerprint density at radius 1 is 1.03 bits per heavy atom. The average molecular weight is 468 g/mol. The van der Waals surface area contributed by atoms with Crippen LogP contribution in [0.5, 0.6) is 0 Å². The molecule has 0 atom stereocenters. The molecule has 2 aromatic carbocycles. The van der Waals surface area contributed by atoms with E-state index in [-0.39, 0.29) is 19.1 Å². The molecule has 0 unspecified atom stereocenters. The first-order valence-electron chi connectivity index (χ1n) is 11.0. The van der Waals surface area contributed by atoms with Crippen LogP contribution >= 0.6 is 0 Å². The number of aromatic nitrogens is 2. The van der Waals surface area contributed by atoms with Crippen LogP contribution in [-0.4, -0.2) is 59.4 Å². The van der Waals surface area contributed by atoms with Gasteiger partial charge in [0.15, 0.2) is 0 Å². The van der Waals surface area contributed by atoms with Crippen molar-refractivity contribution in [3.63, 3.8) is 0 Å². The zero-order valence-corrected chi connectivity index (χ0v) is 19.8. The molecule has 33 heavy (non-hydrogen) atoms. The van der Waals surface area contributed by atoms with E-state index in [1.807, 2.05) is 54.9 Å². The van der Waals surface area contributed by atoms with Crippen molar-refractivity contribution < 1.29 is 13.2 Å². The summed E-state index contributed by atoms with van der Waals surface area (Å²) in [6.07, 6.45) is 5.43. The van der Waals surface area contributed by atoms with Gasteiger partial charge in [-0.1, -0.05) is 42.0 Å². The number of carbonyl (C=O) groups is 1. The molecular weight excluding hydrogens is 438 g/mol. The Morgan fingerprint density at radius 2 is 1.79 bits per heavy atom. The Labute approximate surface area is 194 Å². The second kappa shape index (κ2) is 9.76. The van der Waals surface area contributed by atoms with Gasteiger partial charge >= 0.3 is 6.03 Å². The van der Waals surface area contributed by atoms with E-state index >= 15 is 0 Å². The second-order valence-electron chi connectivity index (χ2n) is 8.37. The SMILES string of the molecule is Cc1ccc(S(=O)(=O)N2CCN(C(=O)NCc3cccc(Cn4ccnc4)c3)CC2)c(C)c1. The Hall–Kier alpha value is -3.17. The van der Waals surface area contributed by atoms with Gasteiger partial charge in [0.2, 0.25) is 10.0 Å². The zero-order chi connectivity index (χ0) is 23.4. The molecule has 3 aromatic rings. The highest BCUT2D eigenvalue weighted by atomic mass is 32.2. The van der Waals surface area contributed by atoms with E-state index in [1.54, 1.807) is 23.5 Å². The maximum atomic E-state index is 13.1. The summed E-state index contributed by atoms with van der Waals surface area (Å²) in [5, 5.41) is 2.96. The van der Waals surface area contributed by atoms with Crippen LogP contribution in [0.15, 0.2) is 66.1 Å². The summed E-state index contributed by atoms with van der Waals surface area (Å²) in [4.78, 5) is 18.7. The van der Waals surface area contributed by atoms with Crippen LogP contribution in [0.1, 0.15) is 22.3 Å². The lowest BCUT2D eigenvalue weighted by molar-refractivity contribution is 0.172. The van der Waals surface area contributed by atoms with Gasteiger partial charge in [0.25, 0.3) is 0 Å². The summed E-state index contributed by atoms with van der Waals surface area (Å²) in [6.45, 7) is 6.17. The summed E-state index contributed by atoms with van der Waals surface area (Å²) in [5.74, 6) is 0. The number of piperazine rings is 1. The topological polar surface area (TPSA) is 87.5 Å². The molecule has 8 nitrogen and oxygen atoms in total. The van der Waals surface area contributed by atoms with Crippen molar-refractivity contribution in [2.45, 2.75) is 31.8 Å². The molecule has 174 valence electrons. The maximum Gasteiger partial charge on any atom is 0.317 e. The van der Waals surface area contributed by atoms with Crippen LogP contribution in [0.2, 0.25) is 0 Å². The highest BCUT2D eigenvalue weighted by Gasteiger charge is 2.31. The van der Waals surface area contributed by atoms with Crippen LogP contribution in [0.3, 0.4) is 0 Å². The quantitative estimate of drug-likeness (QED) is 0.604. The number of benzene rings is 2. The molecule has 0 radical (unpaired) electrons. The summed E-state index contributed by atoms with van der Waals surface area (Å²) >= 11 is 0. The van der Waals surface area contributed by atoms with Crippen molar-refractivity contribution in [1.29, 1.82) is 0 Å². The molecule has 1 fully saturated rings. The molecule has 1 aliphatic heterocycles. The van der Waals surface area contributed by atoms with Crippen molar-refractivity contribution in [3.05, 3.63) is 83.4 Å². The molecule has 0 saturated carbocycles. The van der Waals surface area contributed by atoms with E-state index in [4.69, 9.17) is 0 Å². The largest absolute Gasteiger partial charge is 0.334 e. The van der Waals surface area contributed by atoms with Gasteiger partial charge < -0.3 is 14.8 Å². The fourth-order valence-corrected chi connectivity index (χ4v) is 5.71. The maximum absolute atomic E-state index is 13.1. The molecular formula is C24H29N5O3S. The van der Waals surface area contributed by atoms with Gasteiger partial charge in [-0.3, -0.25) is 0 Å². The highest BCUT2D eigenvalue weighted by molar-refractivity contribution is 7.89. The minimum Gasteiger partial charge on any atom is -0.334 e. The minimum atomic E-state index is -3.57. The molecule has 2 amide bonds. The smallest absolute Gasteiger partial charge is 0.317 e. The second-order valence-corrected chi connectivity index (χ2v) is 10.3. The van der Waals surface area contributed by atoms with Gasteiger partial charge in [-0.25, -0.2) is 18.2 Å². The van der Waals surface area contributed by atoms with Gasteiger partial charge in [-0.2, -0.15) is 4.31 Å². The number of rotatable bonds is 6. The monoisotopic (exact) mass is 467 g/mol. The number of aryl methyl sites for hydroxylation is 2. The first-order chi connectivity index (χ1) is 15.8. The number of hydrogen-bond donors (Lipinski definition) is 1. The Kier molecular flexibility index (Phi) is 6.80. The van der Waals surface area contributed by atoms with Crippen molar-refractivity contribution >= 4 is 16.1 Å². The number of amides is 2. The van der Waals surface area contributed by atoms with E-state index in [9.17, 15) is 13.2 Å². The lowest BCUT2D eigenvalue weighted by atomic mass is 10.1. The van der Waals surface area contributed by atoms with Gasteiger partial charge in [0, 0.05) is 51.7 Å². The number of carbonyl (C=O) groups excluding carboxylic acids is 1. The third kappa shape index (κ3) is 5.43. The summed E-state index contributed by atoms with van der Waals surface area (Å²) in [5.41, 5.74) is 3.91. The van der Waals surface area contributed by atoms with E-state index in [2.05, 4.69) is 16.4 Å². The fraction of sp³-hybridized carbons (Fsp3) is 0.333. The molecule has 2 heterocycles. The van der Waals surface area contributed by atoms with Gasteiger partial charge in [0.1, 0.15) is 0 Å². The fourth-order valence-electron chi connectivity index (χ4n) is 4.08. The first-order valence-corrected chi connectivity index (χ1v) is 12.4. The molecule has 0 aliphatic carbocycles. The number of urea groups is 1. The third-order valence-corrected chi connectivity index (χ3v) is 7.89. The van der Waals surface area contributed by atoms with Crippen LogP contribution in [0.4, 0.5) is 4.79 Å². The summed E-state index contributed by atoms with van der Waals surface area (Å²) < 4.78 is 29.6. The van der Waals surface area contributed by atoms with E-state index in [0.29, 0.717) is 24.5 Å².